The van der Waals surface area contributed by atoms with Gasteiger partial charge in [-0.2, -0.15) is 11.8 Å². The third-order valence-electron chi connectivity index (χ3n) is 4.89. The van der Waals surface area contributed by atoms with E-state index in [1.54, 1.807) is 6.20 Å². The van der Waals surface area contributed by atoms with E-state index in [4.69, 9.17) is 11.6 Å². The number of rotatable bonds is 3. The highest BCUT2D eigenvalue weighted by molar-refractivity contribution is 7.99. The predicted molar refractivity (Wildman–Crippen MR) is 99.7 cm³/mol. The summed E-state index contributed by atoms with van der Waals surface area (Å²) < 4.78 is 0.604. The van der Waals surface area contributed by atoms with Crippen LogP contribution >= 0.6 is 34.7 Å². The molecule has 1 aliphatic heterocycles. The molecule has 0 aromatic carbocycles. The molecule has 2 heterocycles. The number of amides is 2. The van der Waals surface area contributed by atoms with Gasteiger partial charge in [0.05, 0.1) is 6.20 Å². The molecule has 1 saturated heterocycles. The molecular weight excluding hydrogens is 350 g/mol. The highest BCUT2D eigenvalue weighted by atomic mass is 35.5. The largest absolute Gasteiger partial charge is 0.324 e. The lowest BCUT2D eigenvalue weighted by molar-refractivity contribution is 0.119. The molecule has 0 spiro atoms. The quantitative estimate of drug-likeness (QED) is 0.801. The molecule has 0 unspecified atom stereocenters. The van der Waals surface area contributed by atoms with Gasteiger partial charge in [0.1, 0.15) is 4.34 Å². The third-order valence-corrected chi connectivity index (χ3v) is 6.97. The smallest absolute Gasteiger partial charge is 0.318 e. The molecule has 1 aliphatic carbocycles. The zero-order valence-electron chi connectivity index (χ0n) is 13.5. The average molecular weight is 374 g/mol. The Kier molecular flexibility index (Phi) is 6.10. The molecule has 3 rings (SSSR count). The highest BCUT2D eigenvalue weighted by Crippen LogP contribution is 2.32. The third kappa shape index (κ3) is 4.54. The fourth-order valence-corrected chi connectivity index (χ4v) is 5.47. The van der Waals surface area contributed by atoms with E-state index in [2.05, 4.69) is 22.1 Å². The molecule has 1 aromatic heterocycles. The number of carbonyl (C=O) groups is 1. The maximum atomic E-state index is 12.9. The Morgan fingerprint density at radius 1 is 1.22 bits per heavy atom. The van der Waals surface area contributed by atoms with Gasteiger partial charge in [0, 0.05) is 12.1 Å². The highest BCUT2D eigenvalue weighted by Gasteiger charge is 2.34. The van der Waals surface area contributed by atoms with Gasteiger partial charge in [0.25, 0.3) is 0 Å². The maximum absolute atomic E-state index is 12.9. The van der Waals surface area contributed by atoms with Gasteiger partial charge in [0.15, 0.2) is 5.13 Å². The first-order valence-corrected chi connectivity index (χ1v) is 10.8. The number of thioether (sulfide) groups is 1. The van der Waals surface area contributed by atoms with Crippen LogP contribution in [0, 0.1) is 5.92 Å². The normalized spacial score (nSPS) is 26.0. The second-order valence-corrected chi connectivity index (χ2v) is 9.45. The van der Waals surface area contributed by atoms with Crippen LogP contribution in [0.1, 0.15) is 45.4 Å². The van der Waals surface area contributed by atoms with Crippen molar-refractivity contribution in [1.82, 2.24) is 9.88 Å². The van der Waals surface area contributed by atoms with Crippen LogP contribution in [0.4, 0.5) is 9.93 Å². The van der Waals surface area contributed by atoms with Gasteiger partial charge >= 0.3 is 6.03 Å². The number of nitrogens with zero attached hydrogens (tertiary/aromatic N) is 2. The molecule has 128 valence electrons. The summed E-state index contributed by atoms with van der Waals surface area (Å²) in [6, 6.07) is 0.743. The molecule has 2 fully saturated rings. The van der Waals surface area contributed by atoms with Gasteiger partial charge in [-0.25, -0.2) is 9.78 Å². The summed E-state index contributed by atoms with van der Waals surface area (Å²) in [6.07, 6.45) is 8.48. The number of halogens is 1. The summed E-state index contributed by atoms with van der Waals surface area (Å²) in [5.41, 5.74) is 0. The van der Waals surface area contributed by atoms with Crippen molar-refractivity contribution in [3.63, 3.8) is 0 Å². The molecule has 0 radical (unpaired) electrons. The van der Waals surface area contributed by atoms with Crippen LogP contribution in [-0.4, -0.2) is 39.5 Å². The first-order chi connectivity index (χ1) is 11.1. The number of urea groups is 1. The van der Waals surface area contributed by atoms with Crippen LogP contribution in [0.5, 0.6) is 0 Å². The van der Waals surface area contributed by atoms with Crippen LogP contribution < -0.4 is 5.32 Å². The molecule has 0 atom stereocenters. The van der Waals surface area contributed by atoms with Crippen LogP contribution in [0.2, 0.25) is 4.34 Å². The fourth-order valence-electron chi connectivity index (χ4n) is 3.58. The van der Waals surface area contributed by atoms with Crippen molar-refractivity contribution in [2.24, 2.45) is 5.92 Å². The number of hydrogen-bond acceptors (Lipinski definition) is 4. The van der Waals surface area contributed by atoms with Gasteiger partial charge in [-0.05, 0) is 55.9 Å². The second-order valence-electron chi connectivity index (χ2n) is 6.56. The molecule has 0 bridgehead atoms. The van der Waals surface area contributed by atoms with Crippen molar-refractivity contribution in [2.75, 3.05) is 16.8 Å². The Balaban J connectivity index is 1.71. The second kappa shape index (κ2) is 8.08. The molecule has 2 amide bonds. The average Bonchev–Trinajstić information content (AvgIpc) is 2.95. The summed E-state index contributed by atoms with van der Waals surface area (Å²) in [5.74, 6) is 3.09. The number of hydrogen-bond donors (Lipinski definition) is 1. The molecular formula is C16H24ClN3OS2. The Hall–Kier alpha value is -0.460. The van der Waals surface area contributed by atoms with E-state index in [0.29, 0.717) is 21.6 Å². The van der Waals surface area contributed by atoms with Crippen LogP contribution in [0.25, 0.3) is 0 Å². The van der Waals surface area contributed by atoms with Gasteiger partial charge in [0.2, 0.25) is 0 Å². The van der Waals surface area contributed by atoms with E-state index in [1.807, 2.05) is 11.8 Å². The van der Waals surface area contributed by atoms with Crippen molar-refractivity contribution in [2.45, 2.75) is 57.5 Å². The molecule has 7 heteroatoms. The predicted octanol–water partition coefficient (Wildman–Crippen LogP) is 5.10. The molecule has 1 aromatic rings. The number of anilines is 1. The van der Waals surface area contributed by atoms with Gasteiger partial charge in [-0.15, -0.1) is 0 Å². The number of thiazole rings is 1. The minimum absolute atomic E-state index is 0.00692. The zero-order valence-corrected chi connectivity index (χ0v) is 15.9. The zero-order chi connectivity index (χ0) is 16.2. The number of nitrogens with one attached hydrogen (secondary N) is 1. The lowest BCUT2D eigenvalue weighted by Gasteiger charge is -2.42. The minimum Gasteiger partial charge on any atom is -0.318 e. The van der Waals surface area contributed by atoms with E-state index in [9.17, 15) is 4.79 Å². The number of aromatic nitrogens is 1. The van der Waals surface area contributed by atoms with Crippen LogP contribution in [-0.2, 0) is 0 Å². The summed E-state index contributed by atoms with van der Waals surface area (Å²) >= 11 is 9.24. The van der Waals surface area contributed by atoms with E-state index < -0.39 is 0 Å². The molecule has 2 aliphatic rings. The summed E-state index contributed by atoms with van der Waals surface area (Å²) in [5, 5.41) is 3.57. The van der Waals surface area contributed by atoms with Crippen molar-refractivity contribution < 1.29 is 4.79 Å². The van der Waals surface area contributed by atoms with Crippen LogP contribution in [0.15, 0.2) is 6.20 Å². The first-order valence-electron chi connectivity index (χ1n) is 8.42. The van der Waals surface area contributed by atoms with Crippen LogP contribution in [0.3, 0.4) is 0 Å². The van der Waals surface area contributed by atoms with Crippen molar-refractivity contribution >= 4 is 45.9 Å². The van der Waals surface area contributed by atoms with E-state index in [0.717, 1.165) is 43.1 Å². The topological polar surface area (TPSA) is 45.2 Å². The van der Waals surface area contributed by atoms with E-state index >= 15 is 0 Å². The molecule has 1 saturated carbocycles. The van der Waals surface area contributed by atoms with Gasteiger partial charge in [-0.1, -0.05) is 29.9 Å². The summed E-state index contributed by atoms with van der Waals surface area (Å²) in [6.45, 7) is 2.31. The lowest BCUT2D eigenvalue weighted by atomic mass is 9.86. The Bertz CT molecular complexity index is 525. The van der Waals surface area contributed by atoms with Crippen molar-refractivity contribution in [1.29, 1.82) is 0 Å². The van der Waals surface area contributed by atoms with Gasteiger partial charge in [-0.3, -0.25) is 5.32 Å². The Morgan fingerprint density at radius 2 is 1.87 bits per heavy atom. The molecule has 23 heavy (non-hydrogen) atoms. The Morgan fingerprint density at radius 3 is 2.48 bits per heavy atom. The standard InChI is InChI=1S/C16H24ClN3OS2/c1-11-2-4-12(5-3-11)20(13-6-8-22-9-7-13)16(21)19-15-18-10-14(17)23-15/h10-13H,2-9H2,1H3,(H,18,19,21). The lowest BCUT2D eigenvalue weighted by Crippen LogP contribution is -2.51. The SMILES string of the molecule is CC1CCC(N(C(=O)Nc2ncc(Cl)s2)C2CCSCC2)CC1. The summed E-state index contributed by atoms with van der Waals surface area (Å²) in [4.78, 5) is 19.2. The van der Waals surface area contributed by atoms with Crippen molar-refractivity contribution in [3.8, 4) is 0 Å². The van der Waals surface area contributed by atoms with Gasteiger partial charge < -0.3 is 4.90 Å². The minimum atomic E-state index is 0.00692. The molecule has 4 nitrogen and oxygen atoms in total. The molecule has 1 N–H and O–H groups in total. The monoisotopic (exact) mass is 373 g/mol. The van der Waals surface area contributed by atoms with E-state index in [-0.39, 0.29) is 6.03 Å². The number of carbonyl (C=O) groups excluding carboxylic acids is 1. The maximum Gasteiger partial charge on any atom is 0.324 e. The first kappa shape index (κ1) is 17.4. The summed E-state index contributed by atoms with van der Waals surface area (Å²) in [7, 11) is 0. The Labute approximate surface area is 151 Å². The fraction of sp³-hybridized carbons (Fsp3) is 0.750. The van der Waals surface area contributed by atoms with Crippen molar-refractivity contribution in [3.05, 3.63) is 10.5 Å². The van der Waals surface area contributed by atoms with E-state index in [1.165, 1.54) is 24.2 Å².